The van der Waals surface area contributed by atoms with Gasteiger partial charge in [-0.25, -0.2) is 0 Å². The molecule has 0 bridgehead atoms. The Morgan fingerprint density at radius 2 is 2.00 bits per heavy atom. The van der Waals surface area contributed by atoms with Crippen molar-refractivity contribution in [2.24, 2.45) is 17.6 Å². The van der Waals surface area contributed by atoms with Crippen LogP contribution in [0.3, 0.4) is 0 Å². The molecule has 0 radical (unpaired) electrons. The number of rotatable bonds is 1. The first-order chi connectivity index (χ1) is 5.11. The van der Waals surface area contributed by atoms with Crippen molar-refractivity contribution in [2.45, 2.75) is 45.3 Å². The topological polar surface area (TPSA) is 46.2 Å². The van der Waals surface area contributed by atoms with Crippen molar-refractivity contribution in [2.75, 3.05) is 0 Å². The van der Waals surface area contributed by atoms with Crippen molar-refractivity contribution >= 4 is 0 Å². The van der Waals surface area contributed by atoms with Gasteiger partial charge >= 0.3 is 0 Å². The molecule has 3 N–H and O–H groups in total. The zero-order valence-electron chi connectivity index (χ0n) is 7.46. The minimum absolute atomic E-state index is 0.0242. The van der Waals surface area contributed by atoms with Crippen LogP contribution in [0.15, 0.2) is 0 Å². The molecule has 0 spiro atoms. The average molecular weight is 157 g/mol. The molecule has 0 saturated heterocycles. The number of nitrogens with two attached hydrogens (primary N) is 1. The second-order valence-electron chi connectivity index (χ2n) is 4.05. The van der Waals surface area contributed by atoms with E-state index in [1.807, 2.05) is 0 Å². The highest BCUT2D eigenvalue weighted by molar-refractivity contribution is 4.83. The van der Waals surface area contributed by atoms with Crippen LogP contribution in [0.1, 0.15) is 33.1 Å². The van der Waals surface area contributed by atoms with Crippen molar-refractivity contribution in [1.82, 2.24) is 0 Å². The van der Waals surface area contributed by atoms with Crippen LogP contribution >= 0.6 is 0 Å². The Hall–Kier alpha value is -0.0800. The fraction of sp³-hybridized carbons (Fsp3) is 1.00. The maximum absolute atomic E-state index is 9.35. The molecule has 0 aliphatic heterocycles. The molecule has 0 aromatic heterocycles. The zero-order valence-corrected chi connectivity index (χ0v) is 7.46. The summed E-state index contributed by atoms with van der Waals surface area (Å²) in [6, 6.07) is 0.0242. The molecule has 0 aromatic rings. The number of hydrogen-bond acceptors (Lipinski definition) is 2. The van der Waals surface area contributed by atoms with E-state index in [9.17, 15) is 5.11 Å². The van der Waals surface area contributed by atoms with Gasteiger partial charge in [0.25, 0.3) is 0 Å². The van der Waals surface area contributed by atoms with Gasteiger partial charge in [0.05, 0.1) is 6.10 Å². The van der Waals surface area contributed by atoms with Gasteiger partial charge in [-0.2, -0.15) is 0 Å². The first-order valence-corrected chi connectivity index (χ1v) is 4.55. The molecule has 1 aliphatic rings. The minimum atomic E-state index is -0.245. The lowest BCUT2D eigenvalue weighted by atomic mass is 9.78. The van der Waals surface area contributed by atoms with E-state index in [1.165, 1.54) is 0 Å². The van der Waals surface area contributed by atoms with Crippen LogP contribution in [0, 0.1) is 11.8 Å². The van der Waals surface area contributed by atoms with Crippen LogP contribution in [0.5, 0.6) is 0 Å². The zero-order chi connectivity index (χ0) is 8.43. The molecule has 1 rings (SSSR count). The molecule has 11 heavy (non-hydrogen) atoms. The molecule has 1 fully saturated rings. The summed E-state index contributed by atoms with van der Waals surface area (Å²) >= 11 is 0. The lowest BCUT2D eigenvalue weighted by Gasteiger charge is -2.32. The van der Waals surface area contributed by atoms with Gasteiger partial charge in [0, 0.05) is 6.04 Å². The van der Waals surface area contributed by atoms with Crippen molar-refractivity contribution in [1.29, 1.82) is 0 Å². The quantitative estimate of drug-likeness (QED) is 0.599. The summed E-state index contributed by atoms with van der Waals surface area (Å²) in [5, 5.41) is 9.35. The maximum Gasteiger partial charge on any atom is 0.0691 e. The lowest BCUT2D eigenvalue weighted by molar-refractivity contribution is 0.0752. The molecule has 1 aliphatic carbocycles. The third-order valence-corrected chi connectivity index (χ3v) is 2.85. The average Bonchev–Trinajstić information content (AvgIpc) is 1.94. The highest BCUT2D eigenvalue weighted by atomic mass is 16.3. The summed E-state index contributed by atoms with van der Waals surface area (Å²) in [6.07, 6.45) is 2.79. The van der Waals surface area contributed by atoms with E-state index in [0.29, 0.717) is 5.92 Å². The van der Waals surface area contributed by atoms with E-state index in [2.05, 4.69) is 13.8 Å². The molecule has 2 heteroatoms. The Bertz CT molecular complexity index is 125. The van der Waals surface area contributed by atoms with E-state index in [1.54, 1.807) is 0 Å². The van der Waals surface area contributed by atoms with Crippen molar-refractivity contribution in [3.8, 4) is 0 Å². The van der Waals surface area contributed by atoms with Crippen LogP contribution in [0.4, 0.5) is 0 Å². The summed E-state index contributed by atoms with van der Waals surface area (Å²) in [5.74, 6) is 1.45. The lowest BCUT2D eigenvalue weighted by Crippen LogP contribution is -2.41. The summed E-state index contributed by atoms with van der Waals surface area (Å²) < 4.78 is 0. The maximum atomic E-state index is 9.35. The van der Waals surface area contributed by atoms with Gasteiger partial charge < -0.3 is 10.8 Å². The van der Waals surface area contributed by atoms with Gasteiger partial charge in [-0.1, -0.05) is 13.8 Å². The van der Waals surface area contributed by atoms with Crippen LogP contribution in [-0.4, -0.2) is 17.3 Å². The Balaban J connectivity index is 2.40. The van der Waals surface area contributed by atoms with Gasteiger partial charge in [-0.15, -0.1) is 0 Å². The third-order valence-electron chi connectivity index (χ3n) is 2.85. The number of aliphatic hydroxyl groups excluding tert-OH is 1. The summed E-state index contributed by atoms with van der Waals surface area (Å²) in [6.45, 7) is 4.46. The smallest absolute Gasteiger partial charge is 0.0691 e. The first kappa shape index (κ1) is 9.01. The van der Waals surface area contributed by atoms with E-state index in [-0.39, 0.29) is 12.1 Å². The molecule has 1 saturated carbocycles. The Labute approximate surface area is 68.8 Å². The van der Waals surface area contributed by atoms with Gasteiger partial charge in [-0.3, -0.25) is 0 Å². The highest BCUT2D eigenvalue weighted by Crippen LogP contribution is 2.29. The minimum Gasteiger partial charge on any atom is -0.392 e. The van der Waals surface area contributed by atoms with Gasteiger partial charge in [0.1, 0.15) is 0 Å². The van der Waals surface area contributed by atoms with Crippen molar-refractivity contribution in [3.63, 3.8) is 0 Å². The van der Waals surface area contributed by atoms with Crippen LogP contribution in [-0.2, 0) is 0 Å². The summed E-state index contributed by atoms with van der Waals surface area (Å²) in [5.41, 5.74) is 5.76. The third kappa shape index (κ3) is 2.17. The Morgan fingerprint density at radius 3 is 2.45 bits per heavy atom. The van der Waals surface area contributed by atoms with Crippen LogP contribution in [0.25, 0.3) is 0 Å². The second-order valence-corrected chi connectivity index (χ2v) is 4.05. The van der Waals surface area contributed by atoms with E-state index in [4.69, 9.17) is 5.73 Å². The van der Waals surface area contributed by atoms with E-state index < -0.39 is 0 Å². The van der Waals surface area contributed by atoms with Crippen molar-refractivity contribution < 1.29 is 5.11 Å². The molecule has 0 heterocycles. The summed E-state index contributed by atoms with van der Waals surface area (Å²) in [4.78, 5) is 0. The van der Waals surface area contributed by atoms with E-state index >= 15 is 0 Å². The van der Waals surface area contributed by atoms with Crippen LogP contribution < -0.4 is 5.73 Å². The standard InChI is InChI=1S/C9H19NO/c1-6(2)7-3-4-9(11)8(10)5-7/h6-9,11H,3-5,10H2,1-2H3/t7-,8-,9+/m1/s1. The van der Waals surface area contributed by atoms with Gasteiger partial charge in [0.2, 0.25) is 0 Å². The predicted molar refractivity (Wildman–Crippen MR) is 46.2 cm³/mol. The Kier molecular flexibility index (Phi) is 2.90. The van der Waals surface area contributed by atoms with E-state index in [0.717, 1.165) is 25.2 Å². The molecule has 3 atom stereocenters. The summed E-state index contributed by atoms with van der Waals surface area (Å²) in [7, 11) is 0. The highest BCUT2D eigenvalue weighted by Gasteiger charge is 2.27. The fourth-order valence-electron chi connectivity index (χ4n) is 1.83. The monoisotopic (exact) mass is 157 g/mol. The first-order valence-electron chi connectivity index (χ1n) is 4.55. The second kappa shape index (κ2) is 3.55. The van der Waals surface area contributed by atoms with Gasteiger partial charge in [0.15, 0.2) is 0 Å². The molecule has 0 aromatic carbocycles. The normalized spacial score (nSPS) is 39.5. The van der Waals surface area contributed by atoms with Gasteiger partial charge in [-0.05, 0) is 31.1 Å². The molecule has 2 nitrogen and oxygen atoms in total. The Morgan fingerprint density at radius 1 is 1.36 bits per heavy atom. The largest absolute Gasteiger partial charge is 0.392 e. The number of hydrogen-bond donors (Lipinski definition) is 2. The predicted octanol–water partition coefficient (Wildman–Crippen LogP) is 1.13. The van der Waals surface area contributed by atoms with Crippen LogP contribution in [0.2, 0.25) is 0 Å². The molecule has 0 unspecified atom stereocenters. The molecular weight excluding hydrogens is 138 g/mol. The fourth-order valence-corrected chi connectivity index (χ4v) is 1.83. The molecule has 0 amide bonds. The van der Waals surface area contributed by atoms with Crippen molar-refractivity contribution in [3.05, 3.63) is 0 Å². The number of aliphatic hydroxyl groups is 1. The molecule has 66 valence electrons. The molecular formula is C9H19NO. The SMILES string of the molecule is CC(C)[C@@H]1CC[C@H](O)[C@H](N)C1.